The first-order valence-corrected chi connectivity index (χ1v) is 7.03. The van der Waals surface area contributed by atoms with Gasteiger partial charge in [-0.15, -0.1) is 0 Å². The summed E-state index contributed by atoms with van der Waals surface area (Å²) < 4.78 is 24.2. The summed E-state index contributed by atoms with van der Waals surface area (Å²) >= 11 is 0. The Morgan fingerprint density at radius 3 is 2.81 bits per heavy atom. The van der Waals surface area contributed by atoms with Crippen LogP contribution in [0.25, 0.3) is 11.5 Å². The SMILES string of the molecule is COc1ccc(F)c(-c2nc(C3CCN(C)CC3)no2)c1. The third-order valence-electron chi connectivity index (χ3n) is 3.93. The number of methoxy groups -OCH3 is 1. The van der Waals surface area contributed by atoms with Gasteiger partial charge in [-0.1, -0.05) is 5.16 Å². The number of hydrogen-bond donors (Lipinski definition) is 0. The number of nitrogens with zero attached hydrogens (tertiary/aromatic N) is 3. The summed E-state index contributed by atoms with van der Waals surface area (Å²) in [5.74, 6) is 1.33. The van der Waals surface area contributed by atoms with Gasteiger partial charge < -0.3 is 14.2 Å². The molecule has 0 amide bonds. The molecule has 1 aliphatic rings. The van der Waals surface area contributed by atoms with E-state index >= 15 is 0 Å². The van der Waals surface area contributed by atoms with Crippen LogP contribution < -0.4 is 4.74 Å². The molecule has 1 fully saturated rings. The molecule has 21 heavy (non-hydrogen) atoms. The summed E-state index contributed by atoms with van der Waals surface area (Å²) in [7, 11) is 3.64. The van der Waals surface area contributed by atoms with E-state index in [1.165, 1.54) is 13.2 Å². The largest absolute Gasteiger partial charge is 0.497 e. The minimum absolute atomic E-state index is 0.209. The summed E-state index contributed by atoms with van der Waals surface area (Å²) in [4.78, 5) is 6.65. The van der Waals surface area contributed by atoms with E-state index in [-0.39, 0.29) is 17.4 Å². The van der Waals surface area contributed by atoms with Crippen molar-refractivity contribution in [1.82, 2.24) is 15.0 Å². The molecule has 2 aromatic rings. The first kappa shape index (κ1) is 14.0. The van der Waals surface area contributed by atoms with Gasteiger partial charge in [0, 0.05) is 5.92 Å². The van der Waals surface area contributed by atoms with Crippen molar-refractivity contribution in [3.8, 4) is 17.2 Å². The molecular weight excluding hydrogens is 273 g/mol. The highest BCUT2D eigenvalue weighted by atomic mass is 19.1. The second-order valence-electron chi connectivity index (χ2n) is 5.38. The van der Waals surface area contributed by atoms with Crippen molar-refractivity contribution in [3.05, 3.63) is 29.8 Å². The predicted octanol–water partition coefficient (Wildman–Crippen LogP) is 2.69. The Morgan fingerprint density at radius 2 is 2.10 bits per heavy atom. The lowest BCUT2D eigenvalue weighted by Crippen LogP contribution is -2.29. The quantitative estimate of drug-likeness (QED) is 0.870. The second kappa shape index (κ2) is 5.81. The van der Waals surface area contributed by atoms with Crippen LogP contribution in [0.15, 0.2) is 22.7 Å². The predicted molar refractivity (Wildman–Crippen MR) is 75.7 cm³/mol. The fourth-order valence-electron chi connectivity index (χ4n) is 2.57. The lowest BCUT2D eigenvalue weighted by atomic mass is 9.96. The molecule has 1 aromatic carbocycles. The topological polar surface area (TPSA) is 51.4 Å². The van der Waals surface area contributed by atoms with Gasteiger partial charge in [-0.25, -0.2) is 4.39 Å². The minimum atomic E-state index is -0.394. The Kier molecular flexibility index (Phi) is 3.88. The summed E-state index contributed by atoms with van der Waals surface area (Å²) in [5.41, 5.74) is 0.279. The van der Waals surface area contributed by atoms with Gasteiger partial charge in [0.1, 0.15) is 11.6 Å². The van der Waals surface area contributed by atoms with E-state index in [0.29, 0.717) is 11.6 Å². The molecule has 5 nitrogen and oxygen atoms in total. The van der Waals surface area contributed by atoms with Gasteiger partial charge in [-0.05, 0) is 51.2 Å². The average Bonchev–Trinajstić information content (AvgIpc) is 2.98. The molecule has 2 heterocycles. The van der Waals surface area contributed by atoms with E-state index in [0.717, 1.165) is 25.9 Å². The van der Waals surface area contributed by atoms with Crippen molar-refractivity contribution in [1.29, 1.82) is 0 Å². The maximum absolute atomic E-state index is 13.9. The van der Waals surface area contributed by atoms with Crippen molar-refractivity contribution >= 4 is 0 Å². The zero-order valence-electron chi connectivity index (χ0n) is 12.2. The molecular formula is C15H18FN3O2. The first-order chi connectivity index (χ1) is 10.2. The van der Waals surface area contributed by atoms with E-state index in [1.807, 2.05) is 0 Å². The van der Waals surface area contributed by atoms with Crippen LogP contribution in [-0.2, 0) is 0 Å². The Balaban J connectivity index is 1.85. The summed E-state index contributed by atoms with van der Waals surface area (Å²) in [6, 6.07) is 4.47. The number of rotatable bonds is 3. The average molecular weight is 291 g/mol. The zero-order valence-corrected chi connectivity index (χ0v) is 12.2. The van der Waals surface area contributed by atoms with Crippen LogP contribution in [0.5, 0.6) is 5.75 Å². The molecule has 1 aromatic heterocycles. The highest BCUT2D eigenvalue weighted by Crippen LogP contribution is 2.30. The molecule has 0 atom stereocenters. The van der Waals surface area contributed by atoms with Gasteiger partial charge in [-0.3, -0.25) is 0 Å². The van der Waals surface area contributed by atoms with Crippen molar-refractivity contribution < 1.29 is 13.7 Å². The van der Waals surface area contributed by atoms with Crippen LogP contribution in [0.3, 0.4) is 0 Å². The third kappa shape index (κ3) is 2.90. The van der Waals surface area contributed by atoms with Crippen molar-refractivity contribution in [2.24, 2.45) is 0 Å². The monoisotopic (exact) mass is 291 g/mol. The Labute approximate surface area is 122 Å². The number of piperidine rings is 1. The molecule has 3 rings (SSSR count). The molecule has 0 saturated carbocycles. The normalized spacial score (nSPS) is 17.1. The van der Waals surface area contributed by atoms with Gasteiger partial charge in [0.2, 0.25) is 0 Å². The maximum atomic E-state index is 13.9. The molecule has 1 aliphatic heterocycles. The lowest BCUT2D eigenvalue weighted by molar-refractivity contribution is 0.248. The summed E-state index contributed by atoms with van der Waals surface area (Å²) in [6.07, 6.45) is 1.99. The van der Waals surface area contributed by atoms with Gasteiger partial charge in [-0.2, -0.15) is 4.98 Å². The number of ether oxygens (including phenoxy) is 1. The number of halogens is 1. The molecule has 0 spiro atoms. The fraction of sp³-hybridized carbons (Fsp3) is 0.467. The molecule has 1 saturated heterocycles. The van der Waals surface area contributed by atoms with E-state index < -0.39 is 5.82 Å². The lowest BCUT2D eigenvalue weighted by Gasteiger charge is -2.26. The van der Waals surface area contributed by atoms with Crippen LogP contribution in [0.4, 0.5) is 4.39 Å². The van der Waals surface area contributed by atoms with Crippen LogP contribution >= 0.6 is 0 Å². The highest BCUT2D eigenvalue weighted by molar-refractivity contribution is 5.56. The highest BCUT2D eigenvalue weighted by Gasteiger charge is 2.24. The smallest absolute Gasteiger partial charge is 0.261 e. The van der Waals surface area contributed by atoms with E-state index in [4.69, 9.17) is 9.26 Å². The number of benzene rings is 1. The molecule has 0 bridgehead atoms. The maximum Gasteiger partial charge on any atom is 0.261 e. The van der Waals surface area contributed by atoms with E-state index in [9.17, 15) is 4.39 Å². The van der Waals surface area contributed by atoms with Crippen LogP contribution in [0.2, 0.25) is 0 Å². The Bertz CT molecular complexity index is 621. The van der Waals surface area contributed by atoms with Gasteiger partial charge >= 0.3 is 0 Å². The molecule has 0 radical (unpaired) electrons. The summed E-state index contributed by atoms with van der Waals surface area (Å²) in [5, 5.41) is 4.03. The van der Waals surface area contributed by atoms with Gasteiger partial charge in [0.25, 0.3) is 5.89 Å². The van der Waals surface area contributed by atoms with Crippen molar-refractivity contribution in [2.45, 2.75) is 18.8 Å². The second-order valence-corrected chi connectivity index (χ2v) is 5.38. The van der Waals surface area contributed by atoms with Crippen LogP contribution in [0, 0.1) is 5.82 Å². The molecule has 0 unspecified atom stereocenters. The van der Waals surface area contributed by atoms with Gasteiger partial charge in [0.15, 0.2) is 5.82 Å². The van der Waals surface area contributed by atoms with Gasteiger partial charge in [0.05, 0.1) is 12.7 Å². The zero-order chi connectivity index (χ0) is 14.8. The fourth-order valence-corrected chi connectivity index (χ4v) is 2.57. The Hall–Kier alpha value is -1.95. The minimum Gasteiger partial charge on any atom is -0.497 e. The third-order valence-corrected chi connectivity index (χ3v) is 3.93. The molecule has 112 valence electrons. The number of hydrogen-bond acceptors (Lipinski definition) is 5. The van der Waals surface area contributed by atoms with E-state index in [2.05, 4.69) is 22.1 Å². The molecule has 6 heteroatoms. The first-order valence-electron chi connectivity index (χ1n) is 7.03. The summed E-state index contributed by atoms with van der Waals surface area (Å²) in [6.45, 7) is 2.03. The number of likely N-dealkylation sites (tertiary alicyclic amines) is 1. The van der Waals surface area contributed by atoms with Crippen molar-refractivity contribution in [3.63, 3.8) is 0 Å². The van der Waals surface area contributed by atoms with E-state index in [1.54, 1.807) is 12.1 Å². The molecule has 0 aliphatic carbocycles. The number of aromatic nitrogens is 2. The standard InChI is InChI=1S/C15H18FN3O2/c1-19-7-5-10(6-8-19)14-17-15(21-18-14)12-9-11(20-2)3-4-13(12)16/h3-4,9-10H,5-8H2,1-2H3. The molecule has 0 N–H and O–H groups in total. The van der Waals surface area contributed by atoms with Crippen LogP contribution in [-0.4, -0.2) is 42.3 Å². The van der Waals surface area contributed by atoms with Crippen molar-refractivity contribution in [2.75, 3.05) is 27.2 Å². The Morgan fingerprint density at radius 1 is 1.33 bits per heavy atom. The van der Waals surface area contributed by atoms with Crippen LogP contribution in [0.1, 0.15) is 24.6 Å².